The molecular formula is C25H28BrN3O6S2. The number of halogens is 1. The van der Waals surface area contributed by atoms with Gasteiger partial charge in [-0.2, -0.15) is 0 Å². The number of carbonyl (C=O) groups is 2. The molecule has 0 aliphatic heterocycles. The van der Waals surface area contributed by atoms with E-state index in [1.807, 2.05) is 35.1 Å². The van der Waals surface area contributed by atoms with E-state index in [4.69, 9.17) is 4.74 Å². The monoisotopic (exact) mass is 609 g/mol. The summed E-state index contributed by atoms with van der Waals surface area (Å²) in [6.07, 6.45) is -0.0314. The Morgan fingerprint density at radius 1 is 1.16 bits per heavy atom. The van der Waals surface area contributed by atoms with Gasteiger partial charge in [0.2, 0.25) is 10.0 Å². The van der Waals surface area contributed by atoms with E-state index in [1.54, 1.807) is 24.3 Å². The van der Waals surface area contributed by atoms with Crippen molar-refractivity contribution in [3.05, 3.63) is 80.2 Å². The van der Waals surface area contributed by atoms with Gasteiger partial charge in [0.15, 0.2) is 11.8 Å². The lowest BCUT2D eigenvalue weighted by Crippen LogP contribution is -2.36. The van der Waals surface area contributed by atoms with Crippen LogP contribution in [0.3, 0.4) is 0 Å². The molecule has 0 saturated carbocycles. The number of aliphatic hydroxyl groups excluding tert-OH is 1. The summed E-state index contributed by atoms with van der Waals surface area (Å²) in [7, 11) is -2.23. The van der Waals surface area contributed by atoms with Gasteiger partial charge in [-0.25, -0.2) is 18.1 Å². The van der Waals surface area contributed by atoms with Crippen molar-refractivity contribution >= 4 is 49.1 Å². The minimum absolute atomic E-state index is 0.0396. The van der Waals surface area contributed by atoms with Gasteiger partial charge in [-0.3, -0.25) is 9.59 Å². The number of aromatic nitrogens is 1. The van der Waals surface area contributed by atoms with Gasteiger partial charge < -0.3 is 14.7 Å². The van der Waals surface area contributed by atoms with Crippen LogP contribution in [0.5, 0.6) is 5.75 Å². The molecule has 2 N–H and O–H groups in total. The van der Waals surface area contributed by atoms with Gasteiger partial charge in [0.05, 0.1) is 19.4 Å². The van der Waals surface area contributed by atoms with Crippen molar-refractivity contribution in [2.75, 3.05) is 19.4 Å². The first-order chi connectivity index (χ1) is 17.6. The third-order valence-corrected chi connectivity index (χ3v) is 8.46. The molecule has 1 atom stereocenters. The molecule has 3 rings (SSSR count). The van der Waals surface area contributed by atoms with Crippen LogP contribution in [0.15, 0.2) is 58.4 Å². The molecule has 0 bridgehead atoms. The van der Waals surface area contributed by atoms with E-state index >= 15 is 0 Å². The number of rotatable bonds is 12. The summed E-state index contributed by atoms with van der Waals surface area (Å²) in [4.78, 5) is 31.6. The van der Waals surface area contributed by atoms with Crippen LogP contribution in [-0.4, -0.2) is 54.6 Å². The molecule has 3 aromatic rings. The highest BCUT2D eigenvalue weighted by Gasteiger charge is 2.27. The van der Waals surface area contributed by atoms with E-state index in [2.05, 4.69) is 20.9 Å². The van der Waals surface area contributed by atoms with Crippen LogP contribution in [0.1, 0.15) is 46.1 Å². The van der Waals surface area contributed by atoms with E-state index in [0.29, 0.717) is 33.1 Å². The zero-order valence-electron chi connectivity index (χ0n) is 20.4. The first-order valence-corrected chi connectivity index (χ1v) is 14.7. The number of aliphatic hydroxyl groups is 1. The van der Waals surface area contributed by atoms with E-state index in [0.717, 1.165) is 23.3 Å². The first-order valence-electron chi connectivity index (χ1n) is 11.5. The third-order valence-electron chi connectivity index (χ3n) is 5.51. The SMILES string of the molecule is CCS(=O)(=O)NC(=O)c1nc(CN(CCCc2ccccc2)C(=O)[C@H](O)c2ccc(OC)cc2)sc1Br. The Morgan fingerprint density at radius 3 is 2.46 bits per heavy atom. The molecule has 12 heteroatoms. The fourth-order valence-corrected chi connectivity index (χ4v) is 5.62. The summed E-state index contributed by atoms with van der Waals surface area (Å²) in [6, 6.07) is 16.4. The minimum Gasteiger partial charge on any atom is -0.497 e. The smallest absolute Gasteiger partial charge is 0.285 e. The van der Waals surface area contributed by atoms with Gasteiger partial charge in [-0.15, -0.1) is 11.3 Å². The summed E-state index contributed by atoms with van der Waals surface area (Å²) in [5.74, 6) is -1.01. The van der Waals surface area contributed by atoms with Gasteiger partial charge in [0.1, 0.15) is 14.5 Å². The van der Waals surface area contributed by atoms with Gasteiger partial charge in [-0.05, 0) is 59.0 Å². The fraction of sp³-hybridized carbons (Fsp3) is 0.320. The Balaban J connectivity index is 1.79. The number of ether oxygens (including phenoxy) is 1. The minimum atomic E-state index is -3.76. The van der Waals surface area contributed by atoms with Crippen molar-refractivity contribution in [2.45, 2.75) is 32.4 Å². The van der Waals surface area contributed by atoms with Crippen LogP contribution < -0.4 is 9.46 Å². The van der Waals surface area contributed by atoms with Crippen LogP contribution >= 0.6 is 27.3 Å². The van der Waals surface area contributed by atoms with Gasteiger partial charge in [-0.1, -0.05) is 42.5 Å². The van der Waals surface area contributed by atoms with Crippen LogP contribution in [0.2, 0.25) is 0 Å². The molecule has 2 amide bonds. The number of nitrogens with zero attached hydrogens (tertiary/aromatic N) is 2. The standard InChI is InChI=1S/C25H28BrN3O6S2/c1-3-37(33,34)28-24(31)21-23(26)36-20(27-21)16-29(15-7-10-17-8-5-4-6-9-17)25(32)22(30)18-11-13-19(35-2)14-12-18/h4-6,8-9,11-14,22,30H,3,7,10,15-16H2,1-2H3,(H,28,31)/t22-/m1/s1. The van der Waals surface area contributed by atoms with Gasteiger partial charge >= 0.3 is 0 Å². The molecule has 1 heterocycles. The third kappa shape index (κ3) is 8.09. The van der Waals surface area contributed by atoms with Crippen LogP contribution in [-0.2, 0) is 27.8 Å². The largest absolute Gasteiger partial charge is 0.497 e. The van der Waals surface area contributed by atoms with E-state index in [9.17, 15) is 23.1 Å². The van der Waals surface area contributed by atoms with Crippen LogP contribution in [0.4, 0.5) is 0 Å². The molecule has 0 aliphatic carbocycles. The average Bonchev–Trinajstić information content (AvgIpc) is 3.27. The number of aryl methyl sites for hydroxylation is 1. The Kier molecular flexibility index (Phi) is 10.2. The maximum Gasteiger partial charge on any atom is 0.285 e. The van der Waals surface area contributed by atoms with Crippen molar-refractivity contribution in [1.82, 2.24) is 14.6 Å². The van der Waals surface area contributed by atoms with E-state index in [1.165, 1.54) is 18.9 Å². The Hall–Kier alpha value is -2.80. The fourth-order valence-electron chi connectivity index (χ4n) is 3.46. The first kappa shape index (κ1) is 28.8. The number of benzene rings is 2. The molecule has 0 unspecified atom stereocenters. The van der Waals surface area contributed by atoms with Gasteiger partial charge in [0, 0.05) is 6.54 Å². The highest BCUT2D eigenvalue weighted by Crippen LogP contribution is 2.27. The highest BCUT2D eigenvalue weighted by molar-refractivity contribution is 9.11. The molecule has 0 radical (unpaired) electrons. The van der Waals surface area contributed by atoms with Crippen molar-refractivity contribution in [3.8, 4) is 5.75 Å². The molecular weight excluding hydrogens is 582 g/mol. The summed E-state index contributed by atoms with van der Waals surface area (Å²) in [5.41, 5.74) is 1.46. The number of nitrogens with one attached hydrogen (secondary N) is 1. The van der Waals surface area contributed by atoms with Crippen LogP contribution in [0, 0.1) is 0 Å². The van der Waals surface area contributed by atoms with Crippen molar-refractivity contribution < 1.29 is 27.9 Å². The molecule has 0 saturated heterocycles. The topological polar surface area (TPSA) is 126 Å². The second-order valence-electron chi connectivity index (χ2n) is 8.09. The quantitative estimate of drug-likeness (QED) is 0.321. The Morgan fingerprint density at radius 2 is 1.84 bits per heavy atom. The molecule has 1 aromatic heterocycles. The number of carbonyl (C=O) groups excluding carboxylic acids is 2. The van der Waals surface area contributed by atoms with E-state index < -0.39 is 27.9 Å². The number of hydrogen-bond donors (Lipinski definition) is 2. The summed E-state index contributed by atoms with van der Waals surface area (Å²) < 4.78 is 31.0. The molecule has 0 spiro atoms. The molecule has 37 heavy (non-hydrogen) atoms. The lowest BCUT2D eigenvalue weighted by molar-refractivity contribution is -0.141. The number of amides is 2. The van der Waals surface area contributed by atoms with Crippen LogP contribution in [0.25, 0.3) is 0 Å². The molecule has 0 aliphatic rings. The van der Waals surface area contributed by atoms with E-state index in [-0.39, 0.29) is 18.0 Å². The number of methoxy groups -OCH3 is 1. The number of sulfonamides is 1. The second kappa shape index (κ2) is 13.1. The second-order valence-corrected chi connectivity index (χ2v) is 12.5. The lowest BCUT2D eigenvalue weighted by Gasteiger charge is -2.25. The summed E-state index contributed by atoms with van der Waals surface area (Å²) in [6.45, 7) is 1.80. The van der Waals surface area contributed by atoms with Gasteiger partial charge in [0.25, 0.3) is 11.8 Å². The lowest BCUT2D eigenvalue weighted by atomic mass is 10.1. The zero-order valence-corrected chi connectivity index (χ0v) is 23.6. The number of thiazole rings is 1. The van der Waals surface area contributed by atoms with Crippen molar-refractivity contribution in [3.63, 3.8) is 0 Å². The maximum absolute atomic E-state index is 13.3. The Bertz CT molecular complexity index is 1310. The maximum atomic E-state index is 13.3. The van der Waals surface area contributed by atoms with Crippen molar-refractivity contribution in [1.29, 1.82) is 0 Å². The summed E-state index contributed by atoms with van der Waals surface area (Å²) in [5, 5.41) is 11.2. The molecule has 2 aromatic carbocycles. The van der Waals surface area contributed by atoms with Crippen molar-refractivity contribution in [2.24, 2.45) is 0 Å². The highest BCUT2D eigenvalue weighted by atomic mass is 79.9. The zero-order chi connectivity index (χ0) is 27.0. The normalized spacial score (nSPS) is 12.1. The predicted molar refractivity (Wildman–Crippen MR) is 145 cm³/mol. The average molecular weight is 611 g/mol. The molecule has 0 fully saturated rings. The molecule has 198 valence electrons. The Labute approximate surface area is 228 Å². The summed E-state index contributed by atoms with van der Waals surface area (Å²) >= 11 is 4.39. The predicted octanol–water partition coefficient (Wildman–Crippen LogP) is 3.69. The number of hydrogen-bond acceptors (Lipinski definition) is 8. The molecule has 9 nitrogen and oxygen atoms in total.